The van der Waals surface area contributed by atoms with Crippen LogP contribution in [0, 0.1) is 0 Å². The van der Waals surface area contributed by atoms with E-state index in [4.69, 9.17) is 39.5 Å². The van der Waals surface area contributed by atoms with Crippen LogP contribution in [0.5, 0.6) is 0 Å². The van der Waals surface area contributed by atoms with Crippen molar-refractivity contribution >= 4 is 68.1 Å². The normalized spacial score (nSPS) is 11.1. The van der Waals surface area contributed by atoms with Gasteiger partial charge in [-0.25, -0.2) is 13.2 Å². The number of sulfonamides is 1. The van der Waals surface area contributed by atoms with E-state index in [1.807, 2.05) is 0 Å². The van der Waals surface area contributed by atoms with Gasteiger partial charge in [-0.1, -0.05) is 59.1 Å². The summed E-state index contributed by atoms with van der Waals surface area (Å²) < 4.78 is 32.6. The number of anilines is 2. The van der Waals surface area contributed by atoms with Crippen LogP contribution in [0.3, 0.4) is 0 Å². The van der Waals surface area contributed by atoms with Gasteiger partial charge in [0.25, 0.3) is 10.0 Å². The second-order valence-electron chi connectivity index (χ2n) is 6.86. The Labute approximate surface area is 212 Å². The summed E-state index contributed by atoms with van der Waals surface area (Å²) in [7, 11) is -4.18. The summed E-state index contributed by atoms with van der Waals surface area (Å²) in [5.41, 5.74) is 0.440. The number of nitrogens with zero attached hydrogens (tertiary/aromatic N) is 1. The lowest BCUT2D eigenvalue weighted by atomic mass is 10.2. The van der Waals surface area contributed by atoms with Gasteiger partial charge in [0.05, 0.1) is 43.5 Å². The molecule has 0 spiro atoms. The first-order chi connectivity index (χ1) is 16.1. The standard InChI is InChI=1S/C23H19Cl3N2O5S/c1-2-33-23(30)15-11-12-19(18(25)13-15)27-21(29)14-28(20-10-6-9-17(24)22(20)26)34(31,32)16-7-4-3-5-8-16/h3-13H,2,14H2,1H3,(H,27,29). The van der Waals surface area contributed by atoms with Gasteiger partial charge < -0.3 is 10.1 Å². The predicted molar refractivity (Wildman–Crippen MR) is 133 cm³/mol. The number of carbonyl (C=O) groups is 2. The van der Waals surface area contributed by atoms with E-state index in [1.54, 1.807) is 25.1 Å². The molecule has 0 saturated heterocycles. The molecule has 1 amide bonds. The summed E-state index contributed by atoms with van der Waals surface area (Å²) in [5, 5.41) is 2.75. The minimum atomic E-state index is -4.18. The van der Waals surface area contributed by atoms with Crippen LogP contribution in [0.2, 0.25) is 15.1 Å². The third kappa shape index (κ3) is 5.82. The lowest BCUT2D eigenvalue weighted by molar-refractivity contribution is -0.114. The molecule has 3 aromatic rings. The number of ether oxygens (including phenoxy) is 1. The number of amides is 1. The van der Waals surface area contributed by atoms with Crippen LogP contribution in [-0.4, -0.2) is 33.4 Å². The SMILES string of the molecule is CCOC(=O)c1ccc(NC(=O)CN(c2cccc(Cl)c2Cl)S(=O)(=O)c2ccccc2)c(Cl)c1. The number of rotatable bonds is 8. The number of hydrogen-bond donors (Lipinski definition) is 1. The van der Waals surface area contributed by atoms with Gasteiger partial charge in [0.1, 0.15) is 6.54 Å². The monoisotopic (exact) mass is 540 g/mol. The van der Waals surface area contributed by atoms with E-state index < -0.39 is 28.4 Å². The average Bonchev–Trinajstić information content (AvgIpc) is 2.81. The van der Waals surface area contributed by atoms with E-state index >= 15 is 0 Å². The van der Waals surface area contributed by atoms with Crippen molar-refractivity contribution < 1.29 is 22.7 Å². The smallest absolute Gasteiger partial charge is 0.338 e. The molecule has 3 rings (SSSR count). The first kappa shape index (κ1) is 25.8. The van der Waals surface area contributed by atoms with Crippen molar-refractivity contribution in [2.75, 3.05) is 22.8 Å². The number of carbonyl (C=O) groups excluding carboxylic acids is 2. The fourth-order valence-electron chi connectivity index (χ4n) is 2.98. The summed E-state index contributed by atoms with van der Waals surface area (Å²) in [6, 6.07) is 16.3. The van der Waals surface area contributed by atoms with Crippen molar-refractivity contribution in [1.29, 1.82) is 0 Å². The van der Waals surface area contributed by atoms with Crippen molar-refractivity contribution in [2.45, 2.75) is 11.8 Å². The average molecular weight is 542 g/mol. The first-order valence-electron chi connectivity index (χ1n) is 9.93. The molecular formula is C23H19Cl3N2O5S. The number of hydrogen-bond acceptors (Lipinski definition) is 5. The Hall–Kier alpha value is -2.78. The minimum Gasteiger partial charge on any atom is -0.462 e. The molecular weight excluding hydrogens is 523 g/mol. The lowest BCUT2D eigenvalue weighted by Crippen LogP contribution is -2.38. The highest BCUT2D eigenvalue weighted by Gasteiger charge is 2.29. The molecule has 0 saturated carbocycles. The zero-order valence-electron chi connectivity index (χ0n) is 17.8. The highest BCUT2D eigenvalue weighted by atomic mass is 35.5. The summed E-state index contributed by atoms with van der Waals surface area (Å²) in [4.78, 5) is 24.7. The third-order valence-electron chi connectivity index (χ3n) is 4.57. The molecule has 0 aliphatic rings. The summed E-state index contributed by atoms with van der Waals surface area (Å²) in [6.45, 7) is 1.26. The summed E-state index contributed by atoms with van der Waals surface area (Å²) in [5.74, 6) is -1.25. The van der Waals surface area contributed by atoms with Crippen LogP contribution < -0.4 is 9.62 Å². The van der Waals surface area contributed by atoms with Crippen LogP contribution >= 0.6 is 34.8 Å². The topological polar surface area (TPSA) is 92.8 Å². The highest BCUT2D eigenvalue weighted by molar-refractivity contribution is 7.92. The Balaban J connectivity index is 1.92. The molecule has 0 bridgehead atoms. The number of benzene rings is 3. The molecule has 178 valence electrons. The van der Waals surface area contributed by atoms with Crippen molar-refractivity contribution in [3.8, 4) is 0 Å². The fraction of sp³-hybridized carbons (Fsp3) is 0.130. The third-order valence-corrected chi connectivity index (χ3v) is 7.47. The molecule has 0 unspecified atom stereocenters. The van der Waals surface area contributed by atoms with E-state index in [1.165, 1.54) is 48.5 Å². The van der Waals surface area contributed by atoms with Crippen LogP contribution in [0.15, 0.2) is 71.6 Å². The fourth-order valence-corrected chi connectivity index (χ4v) is 5.11. The van der Waals surface area contributed by atoms with E-state index in [0.717, 1.165) is 4.31 Å². The van der Waals surface area contributed by atoms with Gasteiger partial charge in [-0.2, -0.15) is 0 Å². The van der Waals surface area contributed by atoms with Gasteiger partial charge in [-0.05, 0) is 49.4 Å². The maximum absolute atomic E-state index is 13.4. The first-order valence-corrected chi connectivity index (χ1v) is 12.5. The van der Waals surface area contributed by atoms with Crippen molar-refractivity contribution in [1.82, 2.24) is 0 Å². The molecule has 7 nitrogen and oxygen atoms in total. The Morgan fingerprint density at radius 2 is 1.65 bits per heavy atom. The molecule has 0 heterocycles. The molecule has 11 heteroatoms. The van der Waals surface area contributed by atoms with Gasteiger partial charge in [-0.15, -0.1) is 0 Å². The van der Waals surface area contributed by atoms with E-state index in [9.17, 15) is 18.0 Å². The highest BCUT2D eigenvalue weighted by Crippen LogP contribution is 2.35. The Morgan fingerprint density at radius 1 is 0.941 bits per heavy atom. The molecule has 0 atom stereocenters. The zero-order chi connectivity index (χ0) is 24.9. The van der Waals surface area contributed by atoms with E-state index in [-0.39, 0.29) is 43.5 Å². The van der Waals surface area contributed by atoms with Crippen molar-refractivity contribution in [3.05, 3.63) is 87.4 Å². The zero-order valence-corrected chi connectivity index (χ0v) is 20.9. The molecule has 0 aromatic heterocycles. The second kappa shape index (κ2) is 11.1. The van der Waals surface area contributed by atoms with E-state index in [2.05, 4.69) is 5.32 Å². The molecule has 0 radical (unpaired) electrons. The second-order valence-corrected chi connectivity index (χ2v) is 9.92. The Bertz CT molecular complexity index is 1320. The van der Waals surface area contributed by atoms with E-state index in [0.29, 0.717) is 0 Å². The summed E-state index contributed by atoms with van der Waals surface area (Å²) in [6.07, 6.45) is 0. The van der Waals surface area contributed by atoms with Crippen LogP contribution in [-0.2, 0) is 19.6 Å². The molecule has 1 N–H and O–H groups in total. The Kier molecular flexibility index (Phi) is 8.43. The van der Waals surface area contributed by atoms with Gasteiger partial charge in [0, 0.05) is 0 Å². The predicted octanol–water partition coefficient (Wildman–Crippen LogP) is 5.66. The largest absolute Gasteiger partial charge is 0.462 e. The number of nitrogens with one attached hydrogen (secondary N) is 1. The Morgan fingerprint density at radius 3 is 2.29 bits per heavy atom. The number of halogens is 3. The molecule has 0 fully saturated rings. The van der Waals surface area contributed by atoms with Crippen molar-refractivity contribution in [2.24, 2.45) is 0 Å². The minimum absolute atomic E-state index is 0.0201. The number of esters is 1. The van der Waals surface area contributed by atoms with Crippen LogP contribution in [0.25, 0.3) is 0 Å². The van der Waals surface area contributed by atoms with Crippen molar-refractivity contribution in [3.63, 3.8) is 0 Å². The quantitative estimate of drug-likeness (QED) is 0.372. The van der Waals surface area contributed by atoms with Gasteiger partial charge in [0.2, 0.25) is 5.91 Å². The molecule has 0 aliphatic carbocycles. The van der Waals surface area contributed by atoms with Crippen LogP contribution in [0.4, 0.5) is 11.4 Å². The van der Waals surface area contributed by atoms with Gasteiger partial charge in [-0.3, -0.25) is 9.10 Å². The molecule has 3 aromatic carbocycles. The maximum Gasteiger partial charge on any atom is 0.338 e. The lowest BCUT2D eigenvalue weighted by Gasteiger charge is -2.25. The van der Waals surface area contributed by atoms with Gasteiger partial charge in [0.15, 0.2) is 0 Å². The molecule has 0 aliphatic heterocycles. The summed E-state index contributed by atoms with van der Waals surface area (Å²) >= 11 is 18.6. The van der Waals surface area contributed by atoms with Crippen LogP contribution in [0.1, 0.15) is 17.3 Å². The van der Waals surface area contributed by atoms with Gasteiger partial charge >= 0.3 is 5.97 Å². The molecule has 34 heavy (non-hydrogen) atoms. The maximum atomic E-state index is 13.4.